The first-order valence-corrected chi connectivity index (χ1v) is 13.1. The smallest absolute Gasteiger partial charge is 0.255 e. The number of phenols is 1. The number of pyridine rings is 1. The maximum absolute atomic E-state index is 14.2. The normalized spacial score (nSPS) is 24.9. The van der Waals surface area contributed by atoms with Gasteiger partial charge in [0, 0.05) is 37.5 Å². The molecule has 0 radical (unpaired) electrons. The second kappa shape index (κ2) is 10.2. The third-order valence-corrected chi connectivity index (χ3v) is 8.27. The Labute approximate surface area is 241 Å². The van der Waals surface area contributed by atoms with Crippen molar-refractivity contribution < 1.29 is 29.7 Å². The number of phenolic OH excluding ortho intramolecular Hbond substituents is 1. The fraction of sp³-hybridized carbons (Fsp3) is 0.333. The number of likely N-dealkylation sites (N-methyl/N-ethyl adjacent to an activating group) is 1. The van der Waals surface area contributed by atoms with Gasteiger partial charge in [0.05, 0.1) is 17.2 Å². The summed E-state index contributed by atoms with van der Waals surface area (Å²) in [5.74, 6) is -0.541. The second-order valence-electron chi connectivity index (χ2n) is 11.1. The van der Waals surface area contributed by atoms with Crippen LogP contribution in [0.5, 0.6) is 5.75 Å². The number of aromatic hydroxyl groups is 1. The molecule has 4 atom stereocenters. The number of ketones is 2. The summed E-state index contributed by atoms with van der Waals surface area (Å²) in [6, 6.07) is 5.68. The van der Waals surface area contributed by atoms with E-state index >= 15 is 0 Å². The molecular weight excluding hydrogens is 542 g/mol. The minimum atomic E-state index is -2.65. The fourth-order valence-electron chi connectivity index (χ4n) is 6.47. The van der Waals surface area contributed by atoms with E-state index in [0.717, 1.165) is 0 Å². The van der Waals surface area contributed by atoms with E-state index in [1.54, 1.807) is 63.6 Å². The molecule has 0 bridgehead atoms. The number of nitrogens with two attached hydrogens (primary N) is 1. The molecule has 0 unspecified atom stereocenters. The molecule has 1 amide bonds. The van der Waals surface area contributed by atoms with Crippen LogP contribution in [0.3, 0.4) is 0 Å². The molecule has 12 heteroatoms. The first kappa shape index (κ1) is 28.7. The number of allylic oxidation sites excluding steroid dienone is 1. The number of Topliss-reactive ketones (excluding diaryl/α,β-unsaturated/α-hetero) is 2. The summed E-state index contributed by atoms with van der Waals surface area (Å²) >= 11 is 0. The van der Waals surface area contributed by atoms with Gasteiger partial charge in [0.15, 0.2) is 17.2 Å². The van der Waals surface area contributed by atoms with Crippen molar-refractivity contribution in [3.05, 3.63) is 80.4 Å². The molecule has 1 heterocycles. The predicted molar refractivity (Wildman–Crippen MR) is 151 cm³/mol. The molecule has 5 rings (SSSR count). The SMILES string of the molecule is CN(C)c1cc(C#Cc2ccccn2)c(O)c2c1C[C@H]1C[C@H]3[C@H](N(C)C)C(=O)C(C(N)=O)=C(O)[C@@]3(O)C(N=O)=C1C2=O. The Balaban J connectivity index is 1.77. The topological polar surface area (TPSA) is 187 Å². The van der Waals surface area contributed by atoms with Crippen LogP contribution in [0.25, 0.3) is 0 Å². The largest absolute Gasteiger partial charge is 0.508 e. The summed E-state index contributed by atoms with van der Waals surface area (Å²) in [5.41, 5.74) is 2.52. The number of fused-ring (bicyclic) bond motifs is 3. The molecule has 0 aliphatic heterocycles. The van der Waals surface area contributed by atoms with Gasteiger partial charge in [0.1, 0.15) is 28.5 Å². The number of nitrogens with zero attached hydrogens (tertiary/aromatic N) is 4. The predicted octanol–water partition coefficient (Wildman–Crippen LogP) is 1.19. The quantitative estimate of drug-likeness (QED) is 0.236. The summed E-state index contributed by atoms with van der Waals surface area (Å²) in [7, 11) is 6.64. The minimum absolute atomic E-state index is 0.0183. The van der Waals surface area contributed by atoms with E-state index in [0.29, 0.717) is 16.9 Å². The zero-order valence-electron chi connectivity index (χ0n) is 23.4. The Kier molecular flexibility index (Phi) is 6.96. The Morgan fingerprint density at radius 1 is 1.17 bits per heavy atom. The van der Waals surface area contributed by atoms with Crippen molar-refractivity contribution in [2.45, 2.75) is 24.5 Å². The summed E-state index contributed by atoms with van der Waals surface area (Å²) < 4.78 is 0. The van der Waals surface area contributed by atoms with Crippen LogP contribution in [0.15, 0.2) is 58.2 Å². The number of nitroso groups, excluding NO2 is 1. The van der Waals surface area contributed by atoms with E-state index in [-0.39, 0.29) is 29.5 Å². The lowest BCUT2D eigenvalue weighted by atomic mass is 9.58. The van der Waals surface area contributed by atoms with Crippen LogP contribution in [0, 0.1) is 28.6 Å². The monoisotopic (exact) mass is 571 g/mol. The van der Waals surface area contributed by atoms with E-state index in [1.807, 2.05) is 0 Å². The summed E-state index contributed by atoms with van der Waals surface area (Å²) in [4.78, 5) is 59.5. The maximum atomic E-state index is 14.2. The van der Waals surface area contributed by atoms with E-state index in [9.17, 15) is 34.6 Å². The zero-order valence-corrected chi connectivity index (χ0v) is 23.4. The molecule has 5 N–H and O–H groups in total. The first-order valence-electron chi connectivity index (χ1n) is 13.1. The number of aliphatic hydroxyl groups excluding tert-OH is 1. The van der Waals surface area contributed by atoms with Gasteiger partial charge in [-0.2, -0.15) is 0 Å². The third-order valence-electron chi connectivity index (χ3n) is 8.27. The van der Waals surface area contributed by atoms with Gasteiger partial charge < -0.3 is 26.0 Å². The molecular formula is C30H29N5O7. The van der Waals surface area contributed by atoms with E-state index in [2.05, 4.69) is 22.0 Å². The number of anilines is 1. The van der Waals surface area contributed by atoms with E-state index in [1.165, 1.54) is 4.90 Å². The van der Waals surface area contributed by atoms with Crippen LogP contribution in [-0.2, 0) is 16.0 Å². The minimum Gasteiger partial charge on any atom is -0.508 e. The van der Waals surface area contributed by atoms with Crippen LogP contribution in [0.4, 0.5) is 5.69 Å². The van der Waals surface area contributed by atoms with E-state index in [4.69, 9.17) is 5.73 Å². The lowest BCUT2D eigenvalue weighted by Gasteiger charge is -2.50. The summed E-state index contributed by atoms with van der Waals surface area (Å²) in [5, 5.41) is 37.4. The highest BCUT2D eigenvalue weighted by Gasteiger charge is 2.62. The fourth-order valence-corrected chi connectivity index (χ4v) is 6.47. The average Bonchev–Trinajstić information content (AvgIpc) is 2.93. The summed E-state index contributed by atoms with van der Waals surface area (Å²) in [6.07, 6.45) is 1.70. The first-order chi connectivity index (χ1) is 19.8. The molecule has 2 aromatic rings. The Hall–Kier alpha value is -4.86. The molecule has 42 heavy (non-hydrogen) atoms. The number of aromatic nitrogens is 1. The molecule has 3 aliphatic carbocycles. The van der Waals surface area contributed by atoms with Gasteiger partial charge in [-0.3, -0.25) is 19.3 Å². The Bertz CT molecular complexity index is 1680. The molecule has 216 valence electrons. The molecule has 12 nitrogen and oxygen atoms in total. The number of primary amides is 1. The highest BCUT2D eigenvalue weighted by molar-refractivity contribution is 6.22. The number of hydrogen-bond acceptors (Lipinski definition) is 11. The highest BCUT2D eigenvalue weighted by atomic mass is 16.3. The van der Waals surface area contributed by atoms with Crippen LogP contribution >= 0.6 is 0 Å². The van der Waals surface area contributed by atoms with Gasteiger partial charge in [0.2, 0.25) is 0 Å². The number of rotatable bonds is 4. The average molecular weight is 572 g/mol. The standard InChI is InChI=1S/C30H29N5O7/c1-34(2)19-13-14(8-9-16-7-5-6-10-32-16)24(36)21-17(19)11-15-12-18-23(35(3)4)26(38)22(29(31)40)28(39)30(18,41)27(33-42)20(15)25(21)37/h5-7,10,13,15,18,23,36,39,41H,11-12H2,1-4H3,(H2,31,40)/t15-,18-,23-,30-/m0/s1. The van der Waals surface area contributed by atoms with Crippen LogP contribution < -0.4 is 10.6 Å². The van der Waals surface area contributed by atoms with Crippen molar-refractivity contribution in [1.82, 2.24) is 9.88 Å². The van der Waals surface area contributed by atoms with Crippen LogP contribution in [0.2, 0.25) is 0 Å². The van der Waals surface area contributed by atoms with Gasteiger partial charge >= 0.3 is 0 Å². The van der Waals surface area contributed by atoms with Crippen LogP contribution in [0.1, 0.15) is 33.6 Å². The van der Waals surface area contributed by atoms with E-state index < -0.39 is 63.7 Å². The lowest BCUT2D eigenvalue weighted by Crippen LogP contribution is -2.62. The molecule has 1 aromatic carbocycles. The number of amides is 1. The van der Waals surface area contributed by atoms with Crippen molar-refractivity contribution in [2.24, 2.45) is 22.7 Å². The lowest BCUT2D eigenvalue weighted by molar-refractivity contribution is -0.134. The molecule has 0 fully saturated rings. The number of aliphatic hydroxyl groups is 2. The zero-order chi connectivity index (χ0) is 30.7. The Morgan fingerprint density at radius 2 is 1.88 bits per heavy atom. The van der Waals surface area contributed by atoms with Crippen molar-refractivity contribution >= 4 is 23.2 Å². The number of hydrogen-bond donors (Lipinski definition) is 4. The number of carbonyl (C=O) groups excluding carboxylic acids is 3. The van der Waals surface area contributed by atoms with Crippen molar-refractivity contribution in [3.63, 3.8) is 0 Å². The molecule has 0 spiro atoms. The Morgan fingerprint density at radius 3 is 2.45 bits per heavy atom. The third kappa shape index (κ3) is 4.08. The second-order valence-corrected chi connectivity index (χ2v) is 11.1. The van der Waals surface area contributed by atoms with Gasteiger partial charge in [-0.15, -0.1) is 4.91 Å². The van der Waals surface area contributed by atoms with Crippen molar-refractivity contribution in [3.8, 4) is 17.6 Å². The molecule has 3 aliphatic rings. The van der Waals surface area contributed by atoms with Crippen LogP contribution in [-0.4, -0.2) is 82.5 Å². The number of benzene rings is 1. The molecule has 0 saturated carbocycles. The molecule has 1 aromatic heterocycles. The van der Waals surface area contributed by atoms with Crippen molar-refractivity contribution in [2.75, 3.05) is 33.1 Å². The van der Waals surface area contributed by atoms with Gasteiger partial charge in [-0.05, 0) is 67.7 Å². The van der Waals surface area contributed by atoms with Crippen molar-refractivity contribution in [1.29, 1.82) is 0 Å². The number of carbonyl (C=O) groups is 3. The molecule has 0 saturated heterocycles. The van der Waals surface area contributed by atoms with Gasteiger partial charge in [-0.25, -0.2) is 4.98 Å². The maximum Gasteiger partial charge on any atom is 0.255 e. The van der Waals surface area contributed by atoms with Gasteiger partial charge in [0.25, 0.3) is 5.91 Å². The summed E-state index contributed by atoms with van der Waals surface area (Å²) in [6.45, 7) is 0. The highest BCUT2D eigenvalue weighted by Crippen LogP contribution is 2.55. The van der Waals surface area contributed by atoms with Gasteiger partial charge in [-0.1, -0.05) is 12.0 Å².